The standard InChI is InChI=1S/C26H34N4O6S/c1-15(2)22(26(35)36)30-25(34)21(14-37)29-24(33)20(13-16-6-4-3-5-7-16)28-23(32)19(27)12-17-8-10-18(31)11-9-17/h3-11,15,19-22,31,37H,12-14,27H2,1-2H3,(H,28,32)(H,29,33)(H,30,34)(H,35,36). The predicted molar refractivity (Wildman–Crippen MR) is 142 cm³/mol. The van der Waals surface area contributed by atoms with E-state index in [9.17, 15) is 29.4 Å². The summed E-state index contributed by atoms with van der Waals surface area (Å²) in [7, 11) is 0. The van der Waals surface area contributed by atoms with E-state index < -0.39 is 47.9 Å². The normalized spacial score (nSPS) is 14.2. The summed E-state index contributed by atoms with van der Waals surface area (Å²) >= 11 is 4.14. The van der Waals surface area contributed by atoms with Gasteiger partial charge in [-0.25, -0.2) is 4.79 Å². The molecule has 7 N–H and O–H groups in total. The molecule has 3 amide bonds. The number of aromatic hydroxyl groups is 1. The highest BCUT2D eigenvalue weighted by Gasteiger charge is 2.31. The Morgan fingerprint density at radius 2 is 1.35 bits per heavy atom. The first-order chi connectivity index (χ1) is 17.5. The van der Waals surface area contributed by atoms with E-state index in [2.05, 4.69) is 28.6 Å². The van der Waals surface area contributed by atoms with Crippen molar-refractivity contribution in [1.82, 2.24) is 16.0 Å². The van der Waals surface area contributed by atoms with E-state index in [1.807, 2.05) is 6.07 Å². The van der Waals surface area contributed by atoms with Crippen LogP contribution in [0.3, 0.4) is 0 Å². The smallest absolute Gasteiger partial charge is 0.326 e. The maximum absolute atomic E-state index is 13.2. The molecule has 11 heteroatoms. The lowest BCUT2D eigenvalue weighted by atomic mass is 10.0. The minimum atomic E-state index is -1.19. The molecule has 200 valence electrons. The van der Waals surface area contributed by atoms with Crippen molar-refractivity contribution < 1.29 is 29.4 Å². The van der Waals surface area contributed by atoms with Crippen LogP contribution in [0.1, 0.15) is 25.0 Å². The Hall–Kier alpha value is -3.57. The number of nitrogens with one attached hydrogen (secondary N) is 3. The second-order valence-corrected chi connectivity index (χ2v) is 9.41. The molecule has 0 saturated carbocycles. The number of benzene rings is 2. The Morgan fingerprint density at radius 1 is 0.811 bits per heavy atom. The number of amides is 3. The molecule has 0 spiro atoms. The van der Waals surface area contributed by atoms with Crippen LogP contribution in [-0.4, -0.2) is 63.8 Å². The number of aliphatic carboxylic acids is 1. The highest BCUT2D eigenvalue weighted by Crippen LogP contribution is 2.11. The molecule has 2 rings (SSSR count). The Balaban J connectivity index is 2.14. The number of nitrogens with two attached hydrogens (primary N) is 1. The lowest BCUT2D eigenvalue weighted by Crippen LogP contribution is -2.58. The predicted octanol–water partition coefficient (Wildman–Crippen LogP) is 0.630. The molecule has 0 aliphatic heterocycles. The van der Waals surface area contributed by atoms with Crippen molar-refractivity contribution in [3.05, 3.63) is 65.7 Å². The summed E-state index contributed by atoms with van der Waals surface area (Å²) in [5, 5.41) is 26.5. The third kappa shape index (κ3) is 9.43. The summed E-state index contributed by atoms with van der Waals surface area (Å²) in [6.45, 7) is 3.31. The van der Waals surface area contributed by atoms with Crippen LogP contribution in [0.2, 0.25) is 0 Å². The van der Waals surface area contributed by atoms with Gasteiger partial charge in [-0.2, -0.15) is 12.6 Å². The molecular weight excluding hydrogens is 496 g/mol. The third-order valence-electron chi connectivity index (χ3n) is 5.69. The topological polar surface area (TPSA) is 171 Å². The maximum Gasteiger partial charge on any atom is 0.326 e. The Morgan fingerprint density at radius 3 is 1.89 bits per heavy atom. The number of hydrogen-bond donors (Lipinski definition) is 7. The number of carboxylic acids is 1. The van der Waals surface area contributed by atoms with Crippen LogP contribution in [0.15, 0.2) is 54.6 Å². The van der Waals surface area contributed by atoms with Crippen molar-refractivity contribution in [2.24, 2.45) is 11.7 Å². The zero-order valence-electron chi connectivity index (χ0n) is 20.8. The molecule has 0 saturated heterocycles. The fourth-order valence-electron chi connectivity index (χ4n) is 3.55. The van der Waals surface area contributed by atoms with Gasteiger partial charge in [0.15, 0.2) is 0 Å². The summed E-state index contributed by atoms with van der Waals surface area (Å²) < 4.78 is 0. The molecule has 0 radical (unpaired) electrons. The molecule has 4 unspecified atom stereocenters. The maximum atomic E-state index is 13.2. The summed E-state index contributed by atoms with van der Waals surface area (Å²) in [4.78, 5) is 50.2. The van der Waals surface area contributed by atoms with Crippen LogP contribution in [0, 0.1) is 5.92 Å². The van der Waals surface area contributed by atoms with Crippen LogP contribution >= 0.6 is 12.6 Å². The van der Waals surface area contributed by atoms with Gasteiger partial charge in [0.25, 0.3) is 0 Å². The number of carbonyl (C=O) groups is 4. The summed E-state index contributed by atoms with van der Waals surface area (Å²) in [6, 6.07) is 11.0. The number of phenols is 1. The number of carboxylic acid groups (broad SMARTS) is 1. The molecule has 0 fully saturated rings. The highest BCUT2D eigenvalue weighted by molar-refractivity contribution is 7.80. The first-order valence-corrected chi connectivity index (χ1v) is 12.5. The van der Waals surface area contributed by atoms with E-state index >= 15 is 0 Å². The van der Waals surface area contributed by atoms with Crippen LogP contribution < -0.4 is 21.7 Å². The second-order valence-electron chi connectivity index (χ2n) is 9.04. The van der Waals surface area contributed by atoms with Crippen molar-refractivity contribution in [2.75, 3.05) is 5.75 Å². The van der Waals surface area contributed by atoms with Gasteiger partial charge >= 0.3 is 5.97 Å². The zero-order valence-corrected chi connectivity index (χ0v) is 21.7. The molecule has 4 atom stereocenters. The number of carbonyl (C=O) groups excluding carboxylic acids is 3. The molecule has 0 bridgehead atoms. The van der Waals surface area contributed by atoms with Crippen LogP contribution in [0.25, 0.3) is 0 Å². The Kier molecular flexibility index (Phi) is 11.4. The van der Waals surface area contributed by atoms with Gasteiger partial charge in [0.2, 0.25) is 17.7 Å². The van der Waals surface area contributed by atoms with Gasteiger partial charge in [0, 0.05) is 12.2 Å². The molecule has 0 aliphatic rings. The average molecular weight is 531 g/mol. The molecule has 37 heavy (non-hydrogen) atoms. The van der Waals surface area contributed by atoms with Gasteiger partial charge < -0.3 is 31.9 Å². The largest absolute Gasteiger partial charge is 0.508 e. The molecular formula is C26H34N4O6S. The van der Waals surface area contributed by atoms with Crippen LogP contribution in [0.5, 0.6) is 5.75 Å². The zero-order chi connectivity index (χ0) is 27.5. The van der Waals surface area contributed by atoms with Gasteiger partial charge in [-0.3, -0.25) is 14.4 Å². The average Bonchev–Trinajstić information content (AvgIpc) is 2.86. The second kappa shape index (κ2) is 14.2. The van der Waals surface area contributed by atoms with E-state index in [4.69, 9.17) is 5.73 Å². The van der Waals surface area contributed by atoms with E-state index in [-0.39, 0.29) is 30.3 Å². The number of phenolic OH excluding ortho intramolecular Hbond substituents is 1. The fraction of sp³-hybridized carbons (Fsp3) is 0.385. The molecule has 2 aromatic rings. The first-order valence-electron chi connectivity index (χ1n) is 11.8. The third-order valence-corrected chi connectivity index (χ3v) is 6.06. The Labute approximate surface area is 221 Å². The van der Waals surface area contributed by atoms with Crippen LogP contribution in [-0.2, 0) is 32.0 Å². The van der Waals surface area contributed by atoms with Gasteiger partial charge in [0.1, 0.15) is 23.9 Å². The van der Waals surface area contributed by atoms with Gasteiger partial charge in [-0.1, -0.05) is 56.3 Å². The van der Waals surface area contributed by atoms with Gasteiger partial charge in [-0.05, 0) is 35.6 Å². The Bertz CT molecular complexity index is 1060. The number of rotatable bonds is 13. The molecule has 2 aromatic carbocycles. The van der Waals surface area contributed by atoms with Gasteiger partial charge in [-0.15, -0.1) is 0 Å². The molecule has 10 nitrogen and oxygen atoms in total. The van der Waals surface area contributed by atoms with Gasteiger partial charge in [0.05, 0.1) is 6.04 Å². The quantitative estimate of drug-likeness (QED) is 0.186. The first kappa shape index (κ1) is 29.7. The van der Waals surface area contributed by atoms with E-state index in [0.717, 1.165) is 11.1 Å². The van der Waals surface area contributed by atoms with Crippen molar-refractivity contribution in [2.45, 2.75) is 50.9 Å². The fourth-order valence-corrected chi connectivity index (χ4v) is 3.81. The lowest BCUT2D eigenvalue weighted by molar-refractivity contribution is -0.143. The monoisotopic (exact) mass is 530 g/mol. The number of thiol groups is 1. The van der Waals surface area contributed by atoms with Crippen LogP contribution in [0.4, 0.5) is 0 Å². The van der Waals surface area contributed by atoms with Crippen molar-refractivity contribution in [1.29, 1.82) is 0 Å². The van der Waals surface area contributed by atoms with Crippen molar-refractivity contribution >= 4 is 36.3 Å². The summed E-state index contributed by atoms with van der Waals surface area (Å²) in [6.07, 6.45) is 0.314. The summed E-state index contributed by atoms with van der Waals surface area (Å²) in [5.41, 5.74) is 7.58. The minimum Gasteiger partial charge on any atom is -0.508 e. The highest BCUT2D eigenvalue weighted by atomic mass is 32.1. The van der Waals surface area contributed by atoms with E-state index in [1.54, 1.807) is 50.2 Å². The molecule has 0 aromatic heterocycles. The summed E-state index contributed by atoms with van der Waals surface area (Å²) in [5.74, 6) is -3.47. The molecule has 0 heterocycles. The van der Waals surface area contributed by atoms with Crippen molar-refractivity contribution in [3.63, 3.8) is 0 Å². The van der Waals surface area contributed by atoms with E-state index in [1.165, 1.54) is 12.1 Å². The lowest BCUT2D eigenvalue weighted by Gasteiger charge is -2.25. The SMILES string of the molecule is CC(C)C(NC(=O)C(CS)NC(=O)C(Cc1ccccc1)NC(=O)C(N)Cc1ccc(O)cc1)C(=O)O. The minimum absolute atomic E-state index is 0.0889. The molecule has 0 aliphatic carbocycles. The van der Waals surface area contributed by atoms with Crippen molar-refractivity contribution in [3.8, 4) is 5.75 Å². The number of hydrogen-bond acceptors (Lipinski definition) is 7. The van der Waals surface area contributed by atoms with E-state index in [0.29, 0.717) is 0 Å².